The molecule has 3 aromatic rings. The van der Waals surface area contributed by atoms with Crippen molar-refractivity contribution in [3.8, 4) is 0 Å². The number of nitrogens with one attached hydrogen (secondary N) is 4. The van der Waals surface area contributed by atoms with Crippen LogP contribution < -0.4 is 16.3 Å². The lowest BCUT2D eigenvalue weighted by molar-refractivity contribution is -0.116. The molecule has 0 spiro atoms. The van der Waals surface area contributed by atoms with Gasteiger partial charge in [-0.3, -0.25) is 9.59 Å². The fraction of sp³-hybridized carbons (Fsp3) is 0.118. The number of halogens is 1. The zero-order valence-corrected chi connectivity index (χ0v) is 13.8. The van der Waals surface area contributed by atoms with Crippen LogP contribution >= 0.6 is 11.6 Å². The molecule has 0 fully saturated rings. The Morgan fingerprint density at radius 2 is 1.72 bits per heavy atom. The minimum absolute atomic E-state index is 0.126. The van der Waals surface area contributed by atoms with Gasteiger partial charge < -0.3 is 20.6 Å². The van der Waals surface area contributed by atoms with Gasteiger partial charge in [0.25, 0.3) is 5.91 Å². The molecule has 8 heteroatoms. The summed E-state index contributed by atoms with van der Waals surface area (Å²) in [4.78, 5) is 40.3. The molecule has 0 aliphatic rings. The van der Waals surface area contributed by atoms with Crippen molar-refractivity contribution in [3.63, 3.8) is 0 Å². The molecule has 25 heavy (non-hydrogen) atoms. The molecule has 2 aromatic carbocycles. The minimum atomic E-state index is -0.302. The topological polar surface area (TPSA) is 107 Å². The SMILES string of the molecule is O=C(CCNC(=O)c1ccc(Cl)cc1)Nc1ccc2[nH]c(=O)[nH]c2c1. The van der Waals surface area contributed by atoms with Crippen LogP contribution in [0.4, 0.5) is 5.69 Å². The van der Waals surface area contributed by atoms with Crippen molar-refractivity contribution in [2.24, 2.45) is 0 Å². The van der Waals surface area contributed by atoms with Crippen molar-refractivity contribution in [2.75, 3.05) is 11.9 Å². The van der Waals surface area contributed by atoms with Gasteiger partial charge in [0.2, 0.25) is 5.91 Å². The molecule has 0 radical (unpaired) electrons. The summed E-state index contributed by atoms with van der Waals surface area (Å²) >= 11 is 5.77. The van der Waals surface area contributed by atoms with Crippen LogP contribution in [0.5, 0.6) is 0 Å². The average molecular weight is 359 g/mol. The summed E-state index contributed by atoms with van der Waals surface area (Å²) in [6.45, 7) is 0.205. The van der Waals surface area contributed by atoms with Crippen molar-refractivity contribution in [1.82, 2.24) is 15.3 Å². The van der Waals surface area contributed by atoms with E-state index in [-0.39, 0.29) is 30.5 Å². The molecular weight excluding hydrogens is 344 g/mol. The van der Waals surface area contributed by atoms with Gasteiger partial charge >= 0.3 is 5.69 Å². The van der Waals surface area contributed by atoms with Crippen LogP contribution in [0.25, 0.3) is 11.0 Å². The fourth-order valence-electron chi connectivity index (χ4n) is 2.33. The molecular formula is C17H15ClN4O3. The van der Waals surface area contributed by atoms with Crippen LogP contribution in [0.3, 0.4) is 0 Å². The van der Waals surface area contributed by atoms with Crippen LogP contribution in [-0.4, -0.2) is 28.3 Å². The number of hydrogen-bond donors (Lipinski definition) is 4. The lowest BCUT2D eigenvalue weighted by Crippen LogP contribution is -2.27. The lowest BCUT2D eigenvalue weighted by atomic mass is 10.2. The number of amides is 2. The average Bonchev–Trinajstić information content (AvgIpc) is 2.94. The first-order chi connectivity index (χ1) is 12.0. The molecule has 0 bridgehead atoms. The molecule has 4 N–H and O–H groups in total. The minimum Gasteiger partial charge on any atom is -0.352 e. The highest BCUT2D eigenvalue weighted by molar-refractivity contribution is 6.30. The van der Waals surface area contributed by atoms with E-state index in [9.17, 15) is 14.4 Å². The summed E-state index contributed by atoms with van der Waals surface area (Å²) in [5.41, 5.74) is 2.02. The van der Waals surface area contributed by atoms with Gasteiger partial charge in [-0.1, -0.05) is 11.6 Å². The maximum atomic E-state index is 12.0. The smallest absolute Gasteiger partial charge is 0.323 e. The summed E-state index contributed by atoms with van der Waals surface area (Å²) < 4.78 is 0. The Kier molecular flexibility index (Phi) is 4.85. The van der Waals surface area contributed by atoms with Gasteiger partial charge in [0.1, 0.15) is 0 Å². The van der Waals surface area contributed by atoms with Gasteiger partial charge in [-0.25, -0.2) is 4.79 Å². The van der Waals surface area contributed by atoms with Gasteiger partial charge in [0, 0.05) is 29.2 Å². The molecule has 2 amide bonds. The zero-order valence-electron chi connectivity index (χ0n) is 13.1. The number of anilines is 1. The van der Waals surface area contributed by atoms with Crippen molar-refractivity contribution >= 4 is 40.1 Å². The standard InChI is InChI=1S/C17H15ClN4O3/c18-11-3-1-10(2-4-11)16(24)19-8-7-15(23)20-12-5-6-13-14(9-12)22-17(25)21-13/h1-6,9H,7-8H2,(H,19,24)(H,20,23)(H2,21,22,25). The largest absolute Gasteiger partial charge is 0.352 e. The second kappa shape index (κ2) is 7.23. The quantitative estimate of drug-likeness (QED) is 0.562. The highest BCUT2D eigenvalue weighted by Gasteiger charge is 2.08. The number of fused-ring (bicyclic) bond motifs is 1. The molecule has 0 aliphatic carbocycles. The van der Waals surface area contributed by atoms with E-state index >= 15 is 0 Å². The van der Waals surface area contributed by atoms with Crippen LogP contribution in [0.1, 0.15) is 16.8 Å². The van der Waals surface area contributed by atoms with E-state index in [0.29, 0.717) is 27.3 Å². The Labute approximate surface area is 147 Å². The Morgan fingerprint density at radius 1 is 1.00 bits per heavy atom. The van der Waals surface area contributed by atoms with E-state index in [4.69, 9.17) is 11.6 Å². The van der Waals surface area contributed by atoms with E-state index in [2.05, 4.69) is 20.6 Å². The third-order valence-corrected chi connectivity index (χ3v) is 3.80. The maximum Gasteiger partial charge on any atom is 0.323 e. The monoisotopic (exact) mass is 358 g/mol. The first-order valence-corrected chi connectivity index (χ1v) is 7.95. The van der Waals surface area contributed by atoms with Gasteiger partial charge in [-0.2, -0.15) is 0 Å². The molecule has 0 unspecified atom stereocenters. The van der Waals surface area contributed by atoms with Crippen molar-refractivity contribution in [1.29, 1.82) is 0 Å². The van der Waals surface area contributed by atoms with Gasteiger partial charge in [-0.15, -0.1) is 0 Å². The van der Waals surface area contributed by atoms with Crippen LogP contribution in [0, 0.1) is 0 Å². The fourth-order valence-corrected chi connectivity index (χ4v) is 2.45. The van der Waals surface area contributed by atoms with Gasteiger partial charge in [0.05, 0.1) is 11.0 Å². The first-order valence-electron chi connectivity index (χ1n) is 7.57. The van der Waals surface area contributed by atoms with Crippen LogP contribution in [0.15, 0.2) is 47.3 Å². The van der Waals surface area contributed by atoms with E-state index in [1.807, 2.05) is 0 Å². The highest BCUT2D eigenvalue weighted by Crippen LogP contribution is 2.14. The van der Waals surface area contributed by atoms with Crippen molar-refractivity contribution in [3.05, 3.63) is 63.5 Å². The summed E-state index contributed by atoms with van der Waals surface area (Å²) in [6, 6.07) is 11.5. The van der Waals surface area contributed by atoms with Crippen LogP contribution in [0.2, 0.25) is 5.02 Å². The first kappa shape index (κ1) is 16.8. The van der Waals surface area contributed by atoms with E-state index < -0.39 is 0 Å². The molecule has 3 rings (SSSR count). The number of benzene rings is 2. The van der Waals surface area contributed by atoms with Gasteiger partial charge in [0.15, 0.2) is 0 Å². The van der Waals surface area contributed by atoms with Crippen molar-refractivity contribution in [2.45, 2.75) is 6.42 Å². The maximum absolute atomic E-state index is 12.0. The van der Waals surface area contributed by atoms with E-state index in [1.54, 1.807) is 42.5 Å². The molecule has 1 aromatic heterocycles. The number of imidazole rings is 1. The normalized spacial score (nSPS) is 10.6. The second-order valence-corrected chi connectivity index (χ2v) is 5.84. The third-order valence-electron chi connectivity index (χ3n) is 3.54. The number of aromatic nitrogens is 2. The van der Waals surface area contributed by atoms with E-state index in [0.717, 1.165) is 0 Å². The molecule has 0 atom stereocenters. The molecule has 0 aliphatic heterocycles. The van der Waals surface area contributed by atoms with Crippen LogP contribution in [-0.2, 0) is 4.79 Å². The number of aromatic amines is 2. The summed E-state index contributed by atoms with van der Waals surface area (Å²) in [7, 11) is 0. The lowest BCUT2D eigenvalue weighted by Gasteiger charge is -2.07. The summed E-state index contributed by atoms with van der Waals surface area (Å²) in [5, 5.41) is 5.95. The predicted molar refractivity (Wildman–Crippen MR) is 96.0 cm³/mol. The Bertz CT molecular complexity index is 975. The zero-order chi connectivity index (χ0) is 17.8. The van der Waals surface area contributed by atoms with Crippen molar-refractivity contribution < 1.29 is 9.59 Å². The predicted octanol–water partition coefficient (Wildman–Crippen LogP) is 2.27. The third kappa shape index (κ3) is 4.27. The molecule has 0 saturated carbocycles. The summed E-state index contributed by atoms with van der Waals surface area (Å²) in [6.07, 6.45) is 0.126. The molecule has 7 nitrogen and oxygen atoms in total. The summed E-state index contributed by atoms with van der Waals surface area (Å²) in [5.74, 6) is -0.510. The van der Waals surface area contributed by atoms with Gasteiger partial charge in [-0.05, 0) is 42.5 Å². The number of rotatable bonds is 5. The highest BCUT2D eigenvalue weighted by atomic mass is 35.5. The Morgan fingerprint density at radius 3 is 2.48 bits per heavy atom. The number of carbonyl (C=O) groups is 2. The number of hydrogen-bond acceptors (Lipinski definition) is 3. The molecule has 128 valence electrons. The number of carbonyl (C=O) groups excluding carboxylic acids is 2. The Hall–Kier alpha value is -3.06. The number of H-pyrrole nitrogens is 2. The second-order valence-electron chi connectivity index (χ2n) is 5.40. The molecule has 0 saturated heterocycles. The Balaban J connectivity index is 1.51. The van der Waals surface area contributed by atoms with E-state index in [1.165, 1.54) is 0 Å². The molecule has 1 heterocycles.